The maximum absolute atomic E-state index is 12.4. The molecule has 0 aromatic heterocycles. The van der Waals surface area contributed by atoms with Gasteiger partial charge in [-0.05, 0) is 24.3 Å². The molecule has 0 spiro atoms. The molecule has 0 saturated heterocycles. The van der Waals surface area contributed by atoms with Crippen LogP contribution in [0.25, 0.3) is 0 Å². The van der Waals surface area contributed by atoms with Crippen molar-refractivity contribution in [1.82, 2.24) is 5.32 Å². The first-order valence-electron chi connectivity index (χ1n) is 7.57. The van der Waals surface area contributed by atoms with E-state index in [9.17, 15) is 4.79 Å². The molecule has 6 nitrogen and oxygen atoms in total. The zero-order valence-electron chi connectivity index (χ0n) is 14.1. The molecule has 1 amide bonds. The van der Waals surface area contributed by atoms with Gasteiger partial charge in [-0.1, -0.05) is 18.2 Å². The summed E-state index contributed by atoms with van der Waals surface area (Å²) in [4.78, 5) is 12.4. The van der Waals surface area contributed by atoms with E-state index < -0.39 is 0 Å². The van der Waals surface area contributed by atoms with Crippen LogP contribution in [0, 0.1) is 0 Å². The normalized spacial score (nSPS) is 9.96. The first-order chi connectivity index (χ1) is 11.7. The van der Waals surface area contributed by atoms with E-state index in [1.54, 1.807) is 12.1 Å². The Hall–Kier alpha value is -2.89. The van der Waals surface area contributed by atoms with Crippen LogP contribution in [0.5, 0.6) is 17.2 Å². The highest BCUT2D eigenvalue weighted by atomic mass is 16.5. The fraction of sp³-hybridized carbons (Fsp3) is 0.278. The van der Waals surface area contributed by atoms with Gasteiger partial charge in [-0.15, -0.1) is 0 Å². The monoisotopic (exact) mass is 330 g/mol. The van der Waals surface area contributed by atoms with Gasteiger partial charge in [0.05, 0.1) is 26.9 Å². The third-order valence-corrected chi connectivity index (χ3v) is 3.46. The molecular weight excluding hydrogens is 308 g/mol. The minimum atomic E-state index is -0.234. The second-order valence-electron chi connectivity index (χ2n) is 4.93. The molecule has 0 aliphatic carbocycles. The van der Waals surface area contributed by atoms with Crippen molar-refractivity contribution in [2.45, 2.75) is 0 Å². The highest BCUT2D eigenvalue weighted by molar-refractivity contribution is 5.98. The average Bonchev–Trinajstić information content (AvgIpc) is 2.64. The highest BCUT2D eigenvalue weighted by Gasteiger charge is 2.20. The van der Waals surface area contributed by atoms with Gasteiger partial charge in [0.1, 0.15) is 0 Å². The number of carbonyl (C=O) groups is 1. The molecule has 0 fully saturated rings. The molecule has 6 heteroatoms. The minimum Gasteiger partial charge on any atom is -0.493 e. The summed E-state index contributed by atoms with van der Waals surface area (Å²) in [6.07, 6.45) is 0. The number of nitrogens with one attached hydrogen (secondary N) is 2. The standard InChI is InChI=1S/C18H22N2O4/c1-22-15-10-9-14(16(23-2)17(15)24-3)18(21)20-12-11-19-13-7-5-4-6-8-13/h4-10,19H,11-12H2,1-3H3,(H,20,21). The zero-order chi connectivity index (χ0) is 17.4. The molecule has 24 heavy (non-hydrogen) atoms. The lowest BCUT2D eigenvalue weighted by atomic mass is 10.1. The summed E-state index contributed by atoms with van der Waals surface area (Å²) in [6, 6.07) is 13.1. The van der Waals surface area contributed by atoms with Crippen LogP contribution in [0.2, 0.25) is 0 Å². The van der Waals surface area contributed by atoms with Gasteiger partial charge < -0.3 is 24.8 Å². The van der Waals surface area contributed by atoms with Crippen molar-refractivity contribution in [3.63, 3.8) is 0 Å². The quantitative estimate of drug-likeness (QED) is 0.728. The topological polar surface area (TPSA) is 68.8 Å². The van der Waals surface area contributed by atoms with Crippen molar-refractivity contribution in [2.24, 2.45) is 0 Å². The van der Waals surface area contributed by atoms with Crippen LogP contribution < -0.4 is 24.8 Å². The lowest BCUT2D eigenvalue weighted by molar-refractivity contribution is 0.0951. The Morgan fingerprint density at radius 2 is 1.58 bits per heavy atom. The summed E-state index contributed by atoms with van der Waals surface area (Å²) in [6.45, 7) is 1.09. The number of carbonyl (C=O) groups excluding carboxylic acids is 1. The van der Waals surface area contributed by atoms with Crippen molar-refractivity contribution in [3.05, 3.63) is 48.0 Å². The van der Waals surface area contributed by atoms with Gasteiger partial charge in [0, 0.05) is 18.8 Å². The van der Waals surface area contributed by atoms with E-state index in [-0.39, 0.29) is 5.91 Å². The number of ether oxygens (including phenoxy) is 3. The number of anilines is 1. The largest absolute Gasteiger partial charge is 0.493 e. The molecule has 128 valence electrons. The number of benzene rings is 2. The summed E-state index contributed by atoms with van der Waals surface area (Å²) < 4.78 is 15.8. The lowest BCUT2D eigenvalue weighted by Crippen LogP contribution is -2.29. The van der Waals surface area contributed by atoms with Crippen LogP contribution in [0.1, 0.15) is 10.4 Å². The van der Waals surface area contributed by atoms with Gasteiger partial charge in [-0.3, -0.25) is 4.79 Å². The van der Waals surface area contributed by atoms with Crippen molar-refractivity contribution in [1.29, 1.82) is 0 Å². The molecule has 2 N–H and O–H groups in total. The van der Waals surface area contributed by atoms with E-state index in [1.807, 2.05) is 30.3 Å². The van der Waals surface area contributed by atoms with Gasteiger partial charge in [0.25, 0.3) is 5.91 Å². The Balaban J connectivity index is 1.99. The maximum atomic E-state index is 12.4. The summed E-state index contributed by atoms with van der Waals surface area (Å²) in [5.74, 6) is 1.03. The summed E-state index contributed by atoms with van der Waals surface area (Å²) in [7, 11) is 4.53. The second-order valence-corrected chi connectivity index (χ2v) is 4.93. The van der Waals surface area contributed by atoms with E-state index in [0.29, 0.717) is 35.9 Å². The molecule has 2 rings (SSSR count). The van der Waals surface area contributed by atoms with E-state index in [1.165, 1.54) is 21.3 Å². The summed E-state index contributed by atoms with van der Waals surface area (Å²) >= 11 is 0. The van der Waals surface area contributed by atoms with E-state index in [0.717, 1.165) is 5.69 Å². The van der Waals surface area contributed by atoms with Crippen molar-refractivity contribution < 1.29 is 19.0 Å². The predicted octanol–water partition coefficient (Wildman–Crippen LogP) is 2.55. The molecule has 0 aliphatic rings. The molecule has 0 aliphatic heterocycles. The number of hydrogen-bond donors (Lipinski definition) is 2. The molecule has 0 heterocycles. The fourth-order valence-corrected chi connectivity index (χ4v) is 2.31. The zero-order valence-corrected chi connectivity index (χ0v) is 14.1. The van der Waals surface area contributed by atoms with Gasteiger partial charge in [-0.2, -0.15) is 0 Å². The predicted molar refractivity (Wildman–Crippen MR) is 93.4 cm³/mol. The molecule has 0 radical (unpaired) electrons. The minimum absolute atomic E-state index is 0.234. The molecule has 0 atom stereocenters. The highest BCUT2D eigenvalue weighted by Crippen LogP contribution is 2.39. The summed E-state index contributed by atoms with van der Waals surface area (Å²) in [5, 5.41) is 6.09. The molecule has 0 saturated carbocycles. The molecule has 2 aromatic carbocycles. The Kier molecular flexibility index (Phi) is 6.31. The first kappa shape index (κ1) is 17.5. The number of amides is 1. The van der Waals surface area contributed by atoms with Crippen LogP contribution >= 0.6 is 0 Å². The van der Waals surface area contributed by atoms with Crippen LogP contribution in [0.15, 0.2) is 42.5 Å². The smallest absolute Gasteiger partial charge is 0.255 e. The summed E-state index contributed by atoms with van der Waals surface area (Å²) in [5.41, 5.74) is 1.41. The SMILES string of the molecule is COc1ccc(C(=O)NCCNc2ccccc2)c(OC)c1OC. The Labute approximate surface area is 141 Å². The molecule has 0 bridgehead atoms. The number of hydrogen-bond acceptors (Lipinski definition) is 5. The van der Waals surface area contributed by atoms with Crippen LogP contribution in [-0.4, -0.2) is 40.3 Å². The first-order valence-corrected chi connectivity index (χ1v) is 7.57. The van der Waals surface area contributed by atoms with Gasteiger partial charge in [-0.25, -0.2) is 0 Å². The van der Waals surface area contributed by atoms with Crippen LogP contribution in [0.3, 0.4) is 0 Å². The van der Waals surface area contributed by atoms with Gasteiger partial charge in [0.15, 0.2) is 11.5 Å². The van der Waals surface area contributed by atoms with Crippen molar-refractivity contribution in [2.75, 3.05) is 39.7 Å². The van der Waals surface area contributed by atoms with Gasteiger partial charge in [0.2, 0.25) is 5.75 Å². The average molecular weight is 330 g/mol. The lowest BCUT2D eigenvalue weighted by Gasteiger charge is -2.15. The van der Waals surface area contributed by atoms with Crippen LogP contribution in [-0.2, 0) is 0 Å². The molecule has 0 unspecified atom stereocenters. The molecular formula is C18H22N2O4. The van der Waals surface area contributed by atoms with Crippen LogP contribution in [0.4, 0.5) is 5.69 Å². The van der Waals surface area contributed by atoms with Gasteiger partial charge >= 0.3 is 0 Å². The number of methoxy groups -OCH3 is 3. The maximum Gasteiger partial charge on any atom is 0.255 e. The van der Waals surface area contributed by atoms with Crippen molar-refractivity contribution >= 4 is 11.6 Å². The molecule has 2 aromatic rings. The number of rotatable bonds is 8. The van der Waals surface area contributed by atoms with E-state index in [2.05, 4.69) is 10.6 Å². The number of para-hydroxylation sites is 1. The fourth-order valence-electron chi connectivity index (χ4n) is 2.31. The Morgan fingerprint density at radius 3 is 2.21 bits per heavy atom. The third kappa shape index (κ3) is 4.10. The van der Waals surface area contributed by atoms with E-state index >= 15 is 0 Å². The second kappa shape index (κ2) is 8.67. The Bertz CT molecular complexity index is 674. The Morgan fingerprint density at radius 1 is 0.875 bits per heavy atom. The van der Waals surface area contributed by atoms with Crippen molar-refractivity contribution in [3.8, 4) is 17.2 Å². The third-order valence-electron chi connectivity index (χ3n) is 3.46. The van der Waals surface area contributed by atoms with E-state index in [4.69, 9.17) is 14.2 Å².